The van der Waals surface area contributed by atoms with Crippen molar-refractivity contribution in [2.45, 2.75) is 45.1 Å². The van der Waals surface area contributed by atoms with Crippen LogP contribution in [0, 0.1) is 6.92 Å². The van der Waals surface area contributed by atoms with Gasteiger partial charge in [0.15, 0.2) is 11.3 Å². The summed E-state index contributed by atoms with van der Waals surface area (Å²) >= 11 is 12.1. The van der Waals surface area contributed by atoms with E-state index in [0.29, 0.717) is 41.1 Å². The lowest BCUT2D eigenvalue weighted by Crippen LogP contribution is -2.25. The van der Waals surface area contributed by atoms with Gasteiger partial charge in [0, 0.05) is 30.8 Å². The van der Waals surface area contributed by atoms with Crippen LogP contribution in [0.3, 0.4) is 0 Å². The van der Waals surface area contributed by atoms with Gasteiger partial charge in [-0.15, -0.1) is 0 Å². The quantitative estimate of drug-likeness (QED) is 0.556. The third kappa shape index (κ3) is 4.06. The van der Waals surface area contributed by atoms with Gasteiger partial charge in [0.25, 0.3) is 12.3 Å². The third-order valence-corrected chi connectivity index (χ3v) is 5.69. The number of halogens is 4. The molecule has 29 heavy (non-hydrogen) atoms. The van der Waals surface area contributed by atoms with Crippen LogP contribution in [0.1, 0.15) is 59.2 Å². The summed E-state index contributed by atoms with van der Waals surface area (Å²) in [5.74, 6) is -0.236. The average molecular weight is 443 g/mol. The van der Waals surface area contributed by atoms with E-state index in [1.807, 2.05) is 0 Å². The zero-order valence-corrected chi connectivity index (χ0v) is 17.0. The highest BCUT2D eigenvalue weighted by Gasteiger charge is 2.28. The smallest absolute Gasteiger partial charge is 0.280 e. The standard InChI is InChI=1S/C18H18Cl2F2N6O/c1-9-15(19)16(20)27(25-9)6-2-5-23-18(29)12-8-14-24-11(10-3-4-10)7-13(17(21)22)28(14)26-12/h7-8,10,17H,2-6H2,1H3,(H,23,29). The van der Waals surface area contributed by atoms with Crippen molar-refractivity contribution in [1.82, 2.24) is 29.7 Å². The molecule has 1 fully saturated rings. The molecule has 0 spiro atoms. The maximum atomic E-state index is 13.4. The minimum atomic E-state index is -2.71. The van der Waals surface area contributed by atoms with Gasteiger partial charge in [-0.1, -0.05) is 23.2 Å². The zero-order valence-electron chi connectivity index (χ0n) is 15.5. The molecular weight excluding hydrogens is 425 g/mol. The van der Waals surface area contributed by atoms with Crippen LogP contribution in [0.2, 0.25) is 10.2 Å². The van der Waals surface area contributed by atoms with Gasteiger partial charge in [-0.2, -0.15) is 10.2 Å². The van der Waals surface area contributed by atoms with Crippen LogP contribution in [0.4, 0.5) is 8.78 Å². The molecule has 3 aromatic rings. The Morgan fingerprint density at radius 3 is 2.69 bits per heavy atom. The van der Waals surface area contributed by atoms with Gasteiger partial charge in [-0.25, -0.2) is 18.3 Å². The van der Waals surface area contributed by atoms with Gasteiger partial charge < -0.3 is 5.32 Å². The van der Waals surface area contributed by atoms with Crippen molar-refractivity contribution in [2.75, 3.05) is 6.54 Å². The Balaban J connectivity index is 1.43. The fourth-order valence-electron chi connectivity index (χ4n) is 3.07. The third-order valence-electron chi connectivity index (χ3n) is 4.75. The topological polar surface area (TPSA) is 77.1 Å². The first-order valence-electron chi connectivity index (χ1n) is 9.20. The maximum absolute atomic E-state index is 13.4. The molecule has 1 N–H and O–H groups in total. The van der Waals surface area contributed by atoms with Crippen molar-refractivity contribution in [1.29, 1.82) is 0 Å². The monoisotopic (exact) mass is 442 g/mol. The average Bonchev–Trinajstić information content (AvgIpc) is 3.41. The van der Waals surface area contributed by atoms with Crippen molar-refractivity contribution in [3.05, 3.63) is 45.1 Å². The molecule has 154 valence electrons. The van der Waals surface area contributed by atoms with Crippen molar-refractivity contribution < 1.29 is 13.6 Å². The second-order valence-corrected chi connectivity index (χ2v) is 7.74. The summed E-state index contributed by atoms with van der Waals surface area (Å²) in [6.45, 7) is 2.56. The molecule has 0 bridgehead atoms. The van der Waals surface area contributed by atoms with Crippen LogP contribution in [0.15, 0.2) is 12.1 Å². The number of carbonyl (C=O) groups is 1. The molecule has 0 atom stereocenters. The van der Waals surface area contributed by atoms with Gasteiger partial charge >= 0.3 is 0 Å². The van der Waals surface area contributed by atoms with Crippen LogP contribution >= 0.6 is 23.2 Å². The largest absolute Gasteiger partial charge is 0.351 e. The van der Waals surface area contributed by atoms with E-state index in [2.05, 4.69) is 20.5 Å². The molecule has 3 aromatic heterocycles. The first-order chi connectivity index (χ1) is 13.8. The second kappa shape index (κ2) is 7.87. The minimum absolute atomic E-state index is 0.0448. The molecule has 1 amide bonds. The highest BCUT2D eigenvalue weighted by Crippen LogP contribution is 2.40. The van der Waals surface area contributed by atoms with Gasteiger partial charge in [-0.05, 0) is 32.3 Å². The highest BCUT2D eigenvalue weighted by atomic mass is 35.5. The summed E-state index contributed by atoms with van der Waals surface area (Å²) in [6.07, 6.45) is -0.262. The summed E-state index contributed by atoms with van der Waals surface area (Å²) < 4.78 is 29.5. The molecule has 11 heteroatoms. The van der Waals surface area contributed by atoms with E-state index in [1.54, 1.807) is 11.6 Å². The Morgan fingerprint density at radius 2 is 2.07 bits per heavy atom. The molecule has 0 aromatic carbocycles. The number of amides is 1. The predicted octanol–water partition coefficient (Wildman–Crippen LogP) is 4.18. The lowest BCUT2D eigenvalue weighted by molar-refractivity contribution is 0.0946. The fraction of sp³-hybridized carbons (Fsp3) is 0.444. The minimum Gasteiger partial charge on any atom is -0.351 e. The molecule has 0 saturated heterocycles. The summed E-state index contributed by atoms with van der Waals surface area (Å²) in [4.78, 5) is 16.8. The number of nitrogens with one attached hydrogen (secondary N) is 1. The molecule has 1 aliphatic rings. The maximum Gasteiger partial charge on any atom is 0.280 e. The van der Waals surface area contributed by atoms with Gasteiger partial charge in [-0.3, -0.25) is 9.48 Å². The molecule has 0 unspecified atom stereocenters. The van der Waals surface area contributed by atoms with E-state index in [9.17, 15) is 13.6 Å². The molecule has 3 heterocycles. The van der Waals surface area contributed by atoms with Gasteiger partial charge in [0.2, 0.25) is 0 Å². The van der Waals surface area contributed by atoms with Crippen molar-refractivity contribution in [3.63, 3.8) is 0 Å². The first-order valence-corrected chi connectivity index (χ1v) is 9.96. The Labute approximate surface area is 175 Å². The number of rotatable bonds is 7. The van der Waals surface area contributed by atoms with E-state index < -0.39 is 12.3 Å². The van der Waals surface area contributed by atoms with E-state index >= 15 is 0 Å². The SMILES string of the molecule is Cc1nn(CCCNC(=O)c2cc3nc(C4CC4)cc(C(F)F)n3n2)c(Cl)c1Cl. The van der Waals surface area contributed by atoms with E-state index in [1.165, 1.54) is 12.1 Å². The first kappa shape index (κ1) is 20.0. The molecule has 0 radical (unpaired) electrons. The summed E-state index contributed by atoms with van der Waals surface area (Å²) in [5, 5.41) is 11.7. The van der Waals surface area contributed by atoms with Crippen LogP contribution in [0.25, 0.3) is 5.65 Å². The number of aromatic nitrogens is 5. The van der Waals surface area contributed by atoms with Gasteiger partial charge in [0.05, 0.1) is 5.69 Å². The van der Waals surface area contributed by atoms with Crippen LogP contribution in [-0.2, 0) is 6.54 Å². The fourth-order valence-corrected chi connectivity index (χ4v) is 3.47. The molecule has 0 aliphatic heterocycles. The predicted molar refractivity (Wildman–Crippen MR) is 104 cm³/mol. The number of hydrogen-bond acceptors (Lipinski definition) is 4. The second-order valence-electron chi connectivity index (χ2n) is 7.00. The summed E-state index contributed by atoms with van der Waals surface area (Å²) in [6, 6.07) is 2.81. The van der Waals surface area contributed by atoms with E-state index in [4.69, 9.17) is 23.2 Å². The number of alkyl halides is 2. The van der Waals surface area contributed by atoms with Crippen LogP contribution in [-0.4, -0.2) is 36.8 Å². The number of fused-ring (bicyclic) bond motifs is 1. The van der Waals surface area contributed by atoms with Crippen molar-refractivity contribution in [2.24, 2.45) is 0 Å². The van der Waals surface area contributed by atoms with Crippen LogP contribution in [0.5, 0.6) is 0 Å². The lowest BCUT2D eigenvalue weighted by atomic mass is 10.2. The number of carbonyl (C=O) groups excluding carboxylic acids is 1. The lowest BCUT2D eigenvalue weighted by Gasteiger charge is -2.06. The van der Waals surface area contributed by atoms with Crippen LogP contribution < -0.4 is 5.32 Å². The Hall–Kier alpha value is -2.26. The molecule has 1 aliphatic carbocycles. The Kier molecular flexibility index (Phi) is 5.44. The van der Waals surface area contributed by atoms with E-state index in [-0.39, 0.29) is 23.0 Å². The number of aryl methyl sites for hydroxylation is 2. The normalized spacial score (nSPS) is 14.1. The number of hydrogen-bond donors (Lipinski definition) is 1. The molecule has 7 nitrogen and oxygen atoms in total. The molecular formula is C18H18Cl2F2N6O. The van der Waals surface area contributed by atoms with Gasteiger partial charge in [0.1, 0.15) is 15.9 Å². The summed E-state index contributed by atoms with van der Waals surface area (Å²) in [7, 11) is 0. The Morgan fingerprint density at radius 1 is 1.31 bits per heavy atom. The van der Waals surface area contributed by atoms with Crippen molar-refractivity contribution >= 4 is 34.8 Å². The Bertz CT molecular complexity index is 1080. The summed E-state index contributed by atoms with van der Waals surface area (Å²) in [5.41, 5.74) is 1.31. The van der Waals surface area contributed by atoms with Crippen molar-refractivity contribution in [3.8, 4) is 0 Å². The molecule has 4 rings (SSSR count). The highest BCUT2D eigenvalue weighted by molar-refractivity contribution is 6.41. The zero-order chi connectivity index (χ0) is 20.7. The molecule has 1 saturated carbocycles. The number of nitrogens with zero attached hydrogens (tertiary/aromatic N) is 5. The van der Waals surface area contributed by atoms with E-state index in [0.717, 1.165) is 17.4 Å².